The lowest BCUT2D eigenvalue weighted by Gasteiger charge is -2.15. The van der Waals surface area contributed by atoms with Gasteiger partial charge in [0.05, 0.1) is 13.2 Å². The van der Waals surface area contributed by atoms with Gasteiger partial charge in [-0.25, -0.2) is 0 Å². The van der Waals surface area contributed by atoms with Gasteiger partial charge in [0.25, 0.3) is 0 Å². The SMILES string of the molecule is CC/C=C\C/C=C\C/C=C\C/C=C\CCCCCOCC(CO)OC(=O)CCCCCCCCCCCCC/C=C\CCCCCCCCCC. The van der Waals surface area contributed by atoms with Crippen molar-refractivity contribution in [2.45, 2.75) is 213 Å². The van der Waals surface area contributed by atoms with Gasteiger partial charge >= 0.3 is 5.97 Å². The number of allylic oxidation sites excluding steroid dienone is 10. The van der Waals surface area contributed by atoms with Gasteiger partial charge in [-0.3, -0.25) is 4.79 Å². The Balaban J connectivity index is 3.46. The summed E-state index contributed by atoms with van der Waals surface area (Å²) in [5.41, 5.74) is 0. The maximum absolute atomic E-state index is 12.2. The average molecular weight is 713 g/mol. The van der Waals surface area contributed by atoms with Crippen molar-refractivity contribution in [1.29, 1.82) is 0 Å². The number of aliphatic hydroxyl groups is 1. The maximum Gasteiger partial charge on any atom is 0.306 e. The van der Waals surface area contributed by atoms with Gasteiger partial charge in [0, 0.05) is 13.0 Å². The summed E-state index contributed by atoms with van der Waals surface area (Å²) >= 11 is 0. The van der Waals surface area contributed by atoms with Crippen LogP contribution in [0.15, 0.2) is 60.8 Å². The lowest BCUT2D eigenvalue weighted by molar-refractivity contribution is -0.154. The van der Waals surface area contributed by atoms with E-state index in [1.54, 1.807) is 0 Å². The Labute approximate surface area is 317 Å². The largest absolute Gasteiger partial charge is 0.457 e. The van der Waals surface area contributed by atoms with Crippen LogP contribution in [0.5, 0.6) is 0 Å². The van der Waals surface area contributed by atoms with Crippen molar-refractivity contribution >= 4 is 5.97 Å². The number of esters is 1. The lowest BCUT2D eigenvalue weighted by Crippen LogP contribution is -2.27. The van der Waals surface area contributed by atoms with Gasteiger partial charge in [-0.15, -0.1) is 0 Å². The number of rotatable bonds is 40. The third kappa shape index (κ3) is 42.4. The summed E-state index contributed by atoms with van der Waals surface area (Å²) in [4.78, 5) is 12.2. The molecule has 0 saturated carbocycles. The molecule has 4 nitrogen and oxygen atoms in total. The van der Waals surface area contributed by atoms with Crippen LogP contribution in [-0.4, -0.2) is 37.0 Å². The van der Waals surface area contributed by atoms with E-state index in [9.17, 15) is 9.90 Å². The molecule has 1 unspecified atom stereocenters. The first-order valence-corrected chi connectivity index (χ1v) is 21.9. The van der Waals surface area contributed by atoms with E-state index in [1.165, 1.54) is 122 Å². The third-order valence-corrected chi connectivity index (χ3v) is 9.33. The van der Waals surface area contributed by atoms with E-state index < -0.39 is 6.10 Å². The standard InChI is InChI=1S/C47H84O4/c1-3-5-7-9-11-13-15-17-19-21-22-23-24-25-26-27-28-30-32-34-36-38-40-42-47(49)51-46(44-48)45-50-43-41-39-37-35-33-31-29-20-18-16-14-12-10-8-6-4-2/h6,8,12,14,18,20-22,31,33,46,48H,3-5,7,9-11,13,15-17,19,23-30,32,34-45H2,1-2H3/b8-6-,14-12-,20-18-,22-21-,33-31-. The molecule has 51 heavy (non-hydrogen) atoms. The maximum atomic E-state index is 12.2. The Bertz CT molecular complexity index is 839. The second kappa shape index (κ2) is 44.3. The number of hydrogen-bond donors (Lipinski definition) is 1. The molecule has 0 aromatic rings. The first-order chi connectivity index (χ1) is 25.2. The first kappa shape index (κ1) is 49.1. The minimum atomic E-state index is -0.553. The summed E-state index contributed by atoms with van der Waals surface area (Å²) in [6.45, 7) is 5.17. The Morgan fingerprint density at radius 2 is 0.882 bits per heavy atom. The predicted molar refractivity (Wildman–Crippen MR) is 223 cm³/mol. The van der Waals surface area contributed by atoms with Crippen molar-refractivity contribution in [3.05, 3.63) is 60.8 Å². The highest BCUT2D eigenvalue weighted by Crippen LogP contribution is 2.14. The highest BCUT2D eigenvalue weighted by molar-refractivity contribution is 5.69. The molecule has 0 spiro atoms. The molecular weight excluding hydrogens is 629 g/mol. The van der Waals surface area contributed by atoms with E-state index in [1.807, 2.05) is 0 Å². The average Bonchev–Trinajstić information content (AvgIpc) is 3.14. The fourth-order valence-corrected chi connectivity index (χ4v) is 6.08. The summed E-state index contributed by atoms with van der Waals surface area (Å²) in [5, 5.41) is 9.60. The molecule has 0 rings (SSSR count). The van der Waals surface area contributed by atoms with Crippen molar-refractivity contribution in [3.63, 3.8) is 0 Å². The van der Waals surface area contributed by atoms with Gasteiger partial charge in [-0.2, -0.15) is 0 Å². The highest BCUT2D eigenvalue weighted by atomic mass is 16.6. The van der Waals surface area contributed by atoms with Gasteiger partial charge in [-0.1, -0.05) is 184 Å². The molecule has 0 bridgehead atoms. The molecule has 1 N–H and O–H groups in total. The number of hydrogen-bond acceptors (Lipinski definition) is 4. The van der Waals surface area contributed by atoms with E-state index in [-0.39, 0.29) is 19.2 Å². The molecule has 4 heteroatoms. The van der Waals surface area contributed by atoms with Crippen LogP contribution in [0.25, 0.3) is 0 Å². The summed E-state index contributed by atoms with van der Waals surface area (Å²) in [5.74, 6) is -0.213. The summed E-state index contributed by atoms with van der Waals surface area (Å²) < 4.78 is 11.1. The van der Waals surface area contributed by atoms with Crippen LogP contribution < -0.4 is 0 Å². The molecular formula is C47H84O4. The van der Waals surface area contributed by atoms with Gasteiger partial charge < -0.3 is 14.6 Å². The predicted octanol–water partition coefficient (Wildman–Crippen LogP) is 14.4. The van der Waals surface area contributed by atoms with Gasteiger partial charge in [0.2, 0.25) is 0 Å². The Kier molecular flexibility index (Phi) is 42.6. The van der Waals surface area contributed by atoms with Crippen LogP contribution in [0.1, 0.15) is 206 Å². The van der Waals surface area contributed by atoms with Crippen LogP contribution in [0, 0.1) is 0 Å². The van der Waals surface area contributed by atoms with E-state index >= 15 is 0 Å². The number of unbranched alkanes of at least 4 members (excludes halogenated alkanes) is 22. The molecule has 0 radical (unpaired) electrons. The third-order valence-electron chi connectivity index (χ3n) is 9.33. The molecule has 0 aliphatic rings. The molecule has 296 valence electrons. The fourth-order valence-electron chi connectivity index (χ4n) is 6.08. The van der Waals surface area contributed by atoms with Crippen molar-refractivity contribution in [3.8, 4) is 0 Å². The molecule has 0 aromatic heterocycles. The summed E-state index contributed by atoms with van der Waals surface area (Å²) in [7, 11) is 0. The van der Waals surface area contributed by atoms with Crippen LogP contribution >= 0.6 is 0 Å². The quantitative estimate of drug-likeness (QED) is 0.0390. The smallest absolute Gasteiger partial charge is 0.306 e. The topological polar surface area (TPSA) is 55.8 Å². The molecule has 0 aromatic carbocycles. The Morgan fingerprint density at radius 1 is 0.490 bits per heavy atom. The number of carbonyl (C=O) groups is 1. The van der Waals surface area contributed by atoms with Crippen molar-refractivity contribution < 1.29 is 19.4 Å². The lowest BCUT2D eigenvalue weighted by atomic mass is 10.0. The van der Waals surface area contributed by atoms with Crippen LogP contribution in [0.4, 0.5) is 0 Å². The zero-order chi connectivity index (χ0) is 37.0. The Morgan fingerprint density at radius 3 is 1.35 bits per heavy atom. The normalized spacial score (nSPS) is 12.9. The zero-order valence-corrected chi connectivity index (χ0v) is 33.9. The van der Waals surface area contributed by atoms with Crippen molar-refractivity contribution in [2.24, 2.45) is 0 Å². The van der Waals surface area contributed by atoms with E-state index in [0.717, 1.165) is 64.2 Å². The fraction of sp³-hybridized carbons (Fsp3) is 0.766. The first-order valence-electron chi connectivity index (χ1n) is 21.9. The number of carbonyl (C=O) groups excluding carboxylic acids is 1. The second-order valence-electron chi connectivity index (χ2n) is 14.4. The minimum Gasteiger partial charge on any atom is -0.457 e. The molecule has 0 heterocycles. The van der Waals surface area contributed by atoms with E-state index in [0.29, 0.717) is 13.0 Å². The van der Waals surface area contributed by atoms with Crippen LogP contribution in [0.3, 0.4) is 0 Å². The summed E-state index contributed by atoms with van der Waals surface area (Å²) in [6.07, 6.45) is 58.6. The number of ether oxygens (including phenoxy) is 2. The van der Waals surface area contributed by atoms with Gasteiger partial charge in [0.15, 0.2) is 0 Å². The van der Waals surface area contributed by atoms with E-state index in [2.05, 4.69) is 74.6 Å². The van der Waals surface area contributed by atoms with Gasteiger partial charge in [-0.05, 0) is 77.0 Å². The van der Waals surface area contributed by atoms with Crippen LogP contribution in [-0.2, 0) is 14.3 Å². The van der Waals surface area contributed by atoms with Crippen LogP contribution in [0.2, 0.25) is 0 Å². The summed E-state index contributed by atoms with van der Waals surface area (Å²) in [6, 6.07) is 0. The van der Waals surface area contributed by atoms with Crippen molar-refractivity contribution in [1.82, 2.24) is 0 Å². The molecule has 0 aliphatic heterocycles. The van der Waals surface area contributed by atoms with E-state index in [4.69, 9.17) is 9.47 Å². The highest BCUT2D eigenvalue weighted by Gasteiger charge is 2.13. The van der Waals surface area contributed by atoms with Gasteiger partial charge in [0.1, 0.15) is 6.10 Å². The van der Waals surface area contributed by atoms with Crippen molar-refractivity contribution in [2.75, 3.05) is 19.8 Å². The minimum absolute atomic E-state index is 0.186. The zero-order valence-electron chi connectivity index (χ0n) is 33.9. The molecule has 0 fully saturated rings. The molecule has 1 atom stereocenters. The Hall–Kier alpha value is -1.91. The second-order valence-corrected chi connectivity index (χ2v) is 14.4. The molecule has 0 amide bonds. The number of aliphatic hydroxyl groups excluding tert-OH is 1. The molecule has 0 aliphatic carbocycles. The molecule has 0 saturated heterocycles. The monoisotopic (exact) mass is 713 g/mol.